The van der Waals surface area contributed by atoms with Gasteiger partial charge in [-0.15, -0.1) is 0 Å². The molecule has 0 unspecified atom stereocenters. The van der Waals surface area contributed by atoms with E-state index in [9.17, 15) is 0 Å². The summed E-state index contributed by atoms with van der Waals surface area (Å²) in [4.78, 5) is 2.64. The molecule has 1 aliphatic carbocycles. The van der Waals surface area contributed by atoms with Gasteiger partial charge in [0.05, 0.1) is 6.20 Å². The summed E-state index contributed by atoms with van der Waals surface area (Å²) >= 11 is 6.59. The molecule has 1 aliphatic heterocycles. The summed E-state index contributed by atoms with van der Waals surface area (Å²) in [6.07, 6.45) is 14.1. The van der Waals surface area contributed by atoms with Crippen LogP contribution in [-0.4, -0.2) is 27.3 Å². The van der Waals surface area contributed by atoms with Gasteiger partial charge in [-0.3, -0.25) is 4.68 Å². The molecule has 0 atom stereocenters. The number of nitrogens with zero attached hydrogens (tertiary/aromatic N) is 3. The average Bonchev–Trinajstić information content (AvgIpc) is 2.96. The summed E-state index contributed by atoms with van der Waals surface area (Å²) in [6.45, 7) is 1.21. The van der Waals surface area contributed by atoms with Crippen molar-refractivity contribution >= 4 is 17.7 Å². The summed E-state index contributed by atoms with van der Waals surface area (Å²) in [5, 5.41) is 5.06. The summed E-state index contributed by atoms with van der Waals surface area (Å²) in [5.74, 6) is 0. The maximum atomic E-state index is 6.59. The van der Waals surface area contributed by atoms with E-state index in [1.54, 1.807) is 0 Å². The van der Waals surface area contributed by atoms with E-state index in [1.807, 2.05) is 24.1 Å². The van der Waals surface area contributed by atoms with Crippen LogP contribution in [0.2, 0.25) is 5.02 Å². The molecule has 2 aromatic rings. The van der Waals surface area contributed by atoms with Crippen molar-refractivity contribution in [2.75, 3.05) is 6.54 Å². The van der Waals surface area contributed by atoms with E-state index in [1.165, 1.54) is 50.8 Å². The van der Waals surface area contributed by atoms with Gasteiger partial charge in [0, 0.05) is 42.1 Å². The fourth-order valence-electron chi connectivity index (χ4n) is 3.72. The minimum absolute atomic E-state index is 0.769. The molecule has 2 heterocycles. The van der Waals surface area contributed by atoms with Gasteiger partial charge in [0.1, 0.15) is 0 Å². The van der Waals surface area contributed by atoms with E-state index in [-0.39, 0.29) is 0 Å². The molecular weight excluding hydrogens is 318 g/mol. The third kappa shape index (κ3) is 3.10. The lowest BCUT2D eigenvalue weighted by Gasteiger charge is -2.43. The minimum Gasteiger partial charge on any atom is -0.372 e. The molecule has 0 N–H and O–H groups in total. The normalized spacial score (nSPS) is 20.4. The lowest BCUT2D eigenvalue weighted by Crippen LogP contribution is -2.41. The van der Waals surface area contributed by atoms with Gasteiger partial charge >= 0.3 is 0 Å². The molecule has 4 heteroatoms. The summed E-state index contributed by atoms with van der Waals surface area (Å²) in [7, 11) is 1.93. The van der Waals surface area contributed by atoms with Crippen LogP contribution in [0.4, 0.5) is 0 Å². The van der Waals surface area contributed by atoms with Crippen LogP contribution in [0.3, 0.4) is 0 Å². The Morgan fingerprint density at radius 1 is 1.17 bits per heavy atom. The van der Waals surface area contributed by atoms with Gasteiger partial charge in [0.25, 0.3) is 0 Å². The highest BCUT2D eigenvalue weighted by Gasteiger charge is 2.28. The van der Waals surface area contributed by atoms with Crippen LogP contribution in [0.25, 0.3) is 17.2 Å². The molecule has 126 valence electrons. The van der Waals surface area contributed by atoms with Crippen molar-refractivity contribution in [1.82, 2.24) is 14.7 Å². The van der Waals surface area contributed by atoms with Crippen LogP contribution in [0.5, 0.6) is 0 Å². The lowest BCUT2D eigenvalue weighted by atomic mass is 9.89. The van der Waals surface area contributed by atoms with Gasteiger partial charge in [-0.2, -0.15) is 5.10 Å². The molecule has 24 heavy (non-hydrogen) atoms. The zero-order valence-corrected chi connectivity index (χ0v) is 15.0. The zero-order chi connectivity index (χ0) is 16.5. The number of hydrogen-bond acceptors (Lipinski definition) is 2. The molecule has 0 spiro atoms. The van der Waals surface area contributed by atoms with Crippen molar-refractivity contribution in [2.45, 2.75) is 44.6 Å². The molecule has 1 saturated heterocycles. The molecule has 1 aromatic heterocycles. The van der Waals surface area contributed by atoms with Crippen LogP contribution >= 0.6 is 11.6 Å². The van der Waals surface area contributed by atoms with Crippen molar-refractivity contribution in [2.24, 2.45) is 7.05 Å². The van der Waals surface area contributed by atoms with E-state index in [0.29, 0.717) is 0 Å². The molecular formula is C20H24ClN3. The number of halogens is 1. The number of rotatable bonds is 3. The molecule has 4 rings (SSSR count). The lowest BCUT2D eigenvalue weighted by molar-refractivity contribution is 0.146. The monoisotopic (exact) mass is 341 g/mol. The van der Waals surface area contributed by atoms with Gasteiger partial charge in [-0.05, 0) is 61.8 Å². The van der Waals surface area contributed by atoms with Crippen molar-refractivity contribution < 1.29 is 0 Å². The fourth-order valence-corrected chi connectivity index (χ4v) is 3.95. The molecule has 0 bridgehead atoms. The number of benzene rings is 1. The van der Waals surface area contributed by atoms with E-state index in [4.69, 9.17) is 11.6 Å². The Hall–Kier alpha value is -1.74. The van der Waals surface area contributed by atoms with Crippen LogP contribution in [0.15, 0.2) is 36.3 Å². The van der Waals surface area contributed by atoms with E-state index in [2.05, 4.69) is 34.3 Å². The van der Waals surface area contributed by atoms with Gasteiger partial charge in [-0.25, -0.2) is 0 Å². The summed E-state index contributed by atoms with van der Waals surface area (Å²) < 4.78 is 1.82. The predicted octanol–water partition coefficient (Wildman–Crippen LogP) is 5.12. The SMILES string of the molecule is Cn1cc(-c2ccc(C=C3CCCCN3C3CCC3)c(Cl)c2)cn1. The second kappa shape index (κ2) is 6.64. The highest BCUT2D eigenvalue weighted by molar-refractivity contribution is 6.32. The Bertz CT molecular complexity index is 758. The highest BCUT2D eigenvalue weighted by Crippen LogP contribution is 2.34. The van der Waals surface area contributed by atoms with Crippen LogP contribution in [0.1, 0.15) is 44.1 Å². The quantitative estimate of drug-likeness (QED) is 0.772. The topological polar surface area (TPSA) is 21.1 Å². The average molecular weight is 342 g/mol. The molecule has 1 aromatic carbocycles. The molecule has 2 aliphatic rings. The molecule has 1 saturated carbocycles. The van der Waals surface area contributed by atoms with Gasteiger partial charge < -0.3 is 4.90 Å². The first-order valence-electron chi connectivity index (χ1n) is 8.96. The van der Waals surface area contributed by atoms with Crippen molar-refractivity contribution in [3.05, 3.63) is 46.9 Å². The Morgan fingerprint density at radius 2 is 2.04 bits per heavy atom. The Morgan fingerprint density at radius 3 is 2.71 bits per heavy atom. The Balaban J connectivity index is 1.61. The van der Waals surface area contributed by atoms with Gasteiger partial charge in [-0.1, -0.05) is 23.7 Å². The molecule has 2 fully saturated rings. The molecule has 0 radical (unpaired) electrons. The van der Waals surface area contributed by atoms with Crippen LogP contribution in [-0.2, 0) is 7.05 Å². The van der Waals surface area contributed by atoms with E-state index < -0.39 is 0 Å². The second-order valence-electron chi connectivity index (χ2n) is 7.01. The Kier molecular flexibility index (Phi) is 4.36. The van der Waals surface area contributed by atoms with Crippen molar-refractivity contribution in [3.63, 3.8) is 0 Å². The minimum atomic E-state index is 0.769. The number of likely N-dealkylation sites (tertiary alicyclic amines) is 1. The van der Waals surface area contributed by atoms with Gasteiger partial charge in [0.2, 0.25) is 0 Å². The number of piperidine rings is 1. The van der Waals surface area contributed by atoms with Crippen molar-refractivity contribution in [1.29, 1.82) is 0 Å². The number of allylic oxidation sites excluding steroid dienone is 1. The number of hydrogen-bond donors (Lipinski definition) is 0. The smallest absolute Gasteiger partial charge is 0.0568 e. The summed E-state index contributed by atoms with van der Waals surface area (Å²) in [5.41, 5.74) is 4.83. The number of aryl methyl sites for hydroxylation is 1. The Labute approximate surface area is 148 Å². The first-order chi connectivity index (χ1) is 11.7. The molecule has 3 nitrogen and oxygen atoms in total. The third-order valence-electron chi connectivity index (χ3n) is 5.33. The zero-order valence-electron chi connectivity index (χ0n) is 14.2. The first kappa shape index (κ1) is 15.8. The molecule has 0 amide bonds. The van der Waals surface area contributed by atoms with Gasteiger partial charge in [0.15, 0.2) is 0 Å². The van der Waals surface area contributed by atoms with Crippen LogP contribution < -0.4 is 0 Å². The number of aromatic nitrogens is 2. The highest BCUT2D eigenvalue weighted by atomic mass is 35.5. The largest absolute Gasteiger partial charge is 0.372 e. The maximum Gasteiger partial charge on any atom is 0.0568 e. The summed E-state index contributed by atoms with van der Waals surface area (Å²) in [6, 6.07) is 7.11. The second-order valence-corrected chi connectivity index (χ2v) is 7.42. The van der Waals surface area contributed by atoms with Crippen LogP contribution in [0, 0.1) is 0 Å². The van der Waals surface area contributed by atoms with Crippen molar-refractivity contribution in [3.8, 4) is 11.1 Å². The van der Waals surface area contributed by atoms with E-state index in [0.717, 1.165) is 27.8 Å². The standard InChI is InChI=1S/C20H24ClN3/c1-23-14-17(13-22-23)15-8-9-16(20(21)12-15)11-19-5-2-3-10-24(19)18-6-4-7-18/h8-9,11-14,18H,2-7,10H2,1H3. The first-order valence-corrected chi connectivity index (χ1v) is 9.34. The van der Waals surface area contributed by atoms with E-state index >= 15 is 0 Å². The fraction of sp³-hybridized carbons (Fsp3) is 0.450. The maximum absolute atomic E-state index is 6.59. The third-order valence-corrected chi connectivity index (χ3v) is 5.65. The predicted molar refractivity (Wildman–Crippen MR) is 99.8 cm³/mol.